The normalized spacial score (nSPS) is 24.8. The number of Topliss-reactive ketones (excluding diaryl/α,β-unsaturated/α-hetero) is 2. The van der Waals surface area contributed by atoms with Crippen LogP contribution in [0.15, 0.2) is 12.3 Å². The molecule has 1 N–H and O–H groups in total. The first-order valence-electron chi connectivity index (χ1n) is 3.69. The van der Waals surface area contributed by atoms with Gasteiger partial charge in [0.25, 0.3) is 5.78 Å². The Balaban J connectivity index is 2.68. The van der Waals surface area contributed by atoms with Crippen molar-refractivity contribution in [3.05, 3.63) is 12.3 Å². The Kier molecular flexibility index (Phi) is 2.79. The highest BCUT2D eigenvalue weighted by molar-refractivity contribution is 6.46. The van der Waals surface area contributed by atoms with Gasteiger partial charge in [-0.3, -0.25) is 9.59 Å². The van der Waals surface area contributed by atoms with Crippen LogP contribution in [0.25, 0.3) is 0 Å². The summed E-state index contributed by atoms with van der Waals surface area (Å²) < 4.78 is 9.39. The fourth-order valence-corrected chi connectivity index (χ4v) is 1.04. The van der Waals surface area contributed by atoms with Crippen LogP contribution in [0.2, 0.25) is 0 Å². The molecule has 0 radical (unpaired) electrons. The first-order chi connectivity index (χ1) is 6.07. The lowest BCUT2D eigenvalue weighted by Crippen LogP contribution is -2.36. The zero-order valence-corrected chi connectivity index (χ0v) is 7.15. The van der Waals surface area contributed by atoms with Crippen molar-refractivity contribution in [2.75, 3.05) is 13.7 Å². The molecule has 1 saturated heterocycles. The molecule has 1 aliphatic rings. The summed E-state index contributed by atoms with van der Waals surface area (Å²) in [7, 11) is 1.37. The van der Waals surface area contributed by atoms with Crippen molar-refractivity contribution >= 4 is 11.6 Å². The van der Waals surface area contributed by atoms with E-state index >= 15 is 0 Å². The van der Waals surface area contributed by atoms with E-state index in [0.717, 1.165) is 0 Å². The van der Waals surface area contributed by atoms with E-state index < -0.39 is 23.8 Å². The predicted octanol–water partition coefficient (Wildman–Crippen LogP) is -0.956. The molecular weight excluding hydrogens is 176 g/mol. The molecule has 0 aromatic heterocycles. The van der Waals surface area contributed by atoms with E-state index in [1.54, 1.807) is 0 Å². The van der Waals surface area contributed by atoms with Crippen LogP contribution in [0.5, 0.6) is 0 Å². The van der Waals surface area contributed by atoms with Gasteiger partial charge in [-0.05, 0) is 0 Å². The first-order valence-corrected chi connectivity index (χ1v) is 3.69. The minimum atomic E-state index is -1.15. The van der Waals surface area contributed by atoms with E-state index in [2.05, 4.69) is 11.3 Å². The molecule has 0 spiro atoms. The summed E-state index contributed by atoms with van der Waals surface area (Å²) in [5.41, 5.74) is 0. The Morgan fingerprint density at radius 2 is 2.31 bits per heavy atom. The number of methoxy groups -OCH3 is 1. The van der Waals surface area contributed by atoms with E-state index in [-0.39, 0.29) is 12.4 Å². The molecule has 0 saturated carbocycles. The maximum absolute atomic E-state index is 11.1. The number of rotatable bonds is 3. The maximum Gasteiger partial charge on any atom is 0.266 e. The van der Waals surface area contributed by atoms with E-state index in [9.17, 15) is 14.7 Å². The second kappa shape index (κ2) is 3.68. The van der Waals surface area contributed by atoms with E-state index in [0.29, 0.717) is 0 Å². The van der Waals surface area contributed by atoms with Crippen LogP contribution in [0.3, 0.4) is 0 Å². The van der Waals surface area contributed by atoms with Crippen molar-refractivity contribution in [1.82, 2.24) is 0 Å². The summed E-state index contributed by atoms with van der Waals surface area (Å²) in [6.07, 6.45) is -2.28. The molecule has 0 bridgehead atoms. The number of allylic oxidation sites excluding steroid dienone is 1. The molecule has 1 fully saturated rings. The van der Waals surface area contributed by atoms with E-state index in [4.69, 9.17) is 4.74 Å². The summed E-state index contributed by atoms with van der Waals surface area (Å²) in [5, 5.41) is 9.29. The van der Waals surface area contributed by atoms with Gasteiger partial charge in [-0.2, -0.15) is 0 Å². The number of aliphatic hydroxyl groups is 1. The Morgan fingerprint density at radius 1 is 1.69 bits per heavy atom. The molecular formula is C8H10O5. The average Bonchev–Trinajstić information content (AvgIpc) is 2.33. The molecule has 72 valence electrons. The van der Waals surface area contributed by atoms with Crippen LogP contribution < -0.4 is 0 Å². The molecule has 2 atom stereocenters. The number of aliphatic hydroxyl groups excluding tert-OH is 1. The lowest BCUT2D eigenvalue weighted by atomic mass is 10.1. The smallest absolute Gasteiger partial charge is 0.266 e. The second-order valence-electron chi connectivity index (χ2n) is 2.68. The van der Waals surface area contributed by atoms with Gasteiger partial charge in [0.2, 0.25) is 5.78 Å². The number of carbonyl (C=O) groups is 2. The van der Waals surface area contributed by atoms with Crippen LogP contribution >= 0.6 is 0 Å². The van der Waals surface area contributed by atoms with Gasteiger partial charge in [-0.25, -0.2) is 0 Å². The molecule has 5 nitrogen and oxygen atoms in total. The zero-order chi connectivity index (χ0) is 10.0. The van der Waals surface area contributed by atoms with Gasteiger partial charge in [-0.1, -0.05) is 6.58 Å². The SMILES string of the molecule is C=C1O[C@H]([C@@H](O)COC)C(=O)C1=O. The summed E-state index contributed by atoms with van der Waals surface area (Å²) in [5.74, 6) is -1.76. The van der Waals surface area contributed by atoms with Gasteiger partial charge in [0.05, 0.1) is 6.61 Å². The van der Waals surface area contributed by atoms with Gasteiger partial charge >= 0.3 is 0 Å². The second-order valence-corrected chi connectivity index (χ2v) is 2.68. The van der Waals surface area contributed by atoms with Crippen LogP contribution in [-0.4, -0.2) is 42.6 Å². The van der Waals surface area contributed by atoms with E-state index in [1.807, 2.05) is 0 Å². The maximum atomic E-state index is 11.1. The van der Waals surface area contributed by atoms with Crippen LogP contribution in [0.4, 0.5) is 0 Å². The highest BCUT2D eigenvalue weighted by atomic mass is 16.5. The predicted molar refractivity (Wildman–Crippen MR) is 41.9 cm³/mol. The minimum absolute atomic E-state index is 0.0586. The number of carbonyl (C=O) groups excluding carboxylic acids is 2. The third kappa shape index (κ3) is 1.76. The van der Waals surface area contributed by atoms with Gasteiger partial charge in [0.1, 0.15) is 6.10 Å². The summed E-state index contributed by atoms with van der Waals surface area (Å²) in [4.78, 5) is 22.0. The first kappa shape index (κ1) is 9.88. The van der Waals surface area contributed by atoms with Crippen molar-refractivity contribution in [3.63, 3.8) is 0 Å². The standard InChI is InChI=1S/C8H10O5/c1-4-6(10)7(11)8(13-4)5(9)3-12-2/h5,8-9H,1,3H2,2H3/t5-,8+/m0/s1. The van der Waals surface area contributed by atoms with Gasteiger partial charge in [0.15, 0.2) is 11.9 Å². The van der Waals surface area contributed by atoms with Gasteiger partial charge < -0.3 is 14.6 Å². The van der Waals surface area contributed by atoms with Crippen LogP contribution in [-0.2, 0) is 19.1 Å². The summed E-state index contributed by atoms with van der Waals surface area (Å²) in [6, 6.07) is 0. The van der Waals surface area contributed by atoms with Gasteiger partial charge in [-0.15, -0.1) is 0 Å². The minimum Gasteiger partial charge on any atom is -0.476 e. The van der Waals surface area contributed by atoms with Crippen LogP contribution in [0, 0.1) is 0 Å². The zero-order valence-electron chi connectivity index (χ0n) is 7.15. The highest BCUT2D eigenvalue weighted by Crippen LogP contribution is 2.17. The molecule has 5 heteroatoms. The fourth-order valence-electron chi connectivity index (χ4n) is 1.04. The number of hydrogen-bond acceptors (Lipinski definition) is 5. The Bertz CT molecular complexity index is 257. The van der Waals surface area contributed by atoms with Crippen LogP contribution in [0.1, 0.15) is 0 Å². The third-order valence-electron chi connectivity index (χ3n) is 1.69. The number of ketones is 2. The quantitative estimate of drug-likeness (QED) is 0.454. The monoisotopic (exact) mass is 186 g/mol. The number of ether oxygens (including phenoxy) is 2. The largest absolute Gasteiger partial charge is 0.476 e. The van der Waals surface area contributed by atoms with Crippen molar-refractivity contribution in [1.29, 1.82) is 0 Å². The van der Waals surface area contributed by atoms with E-state index in [1.165, 1.54) is 7.11 Å². The third-order valence-corrected chi connectivity index (χ3v) is 1.69. The van der Waals surface area contributed by atoms with Gasteiger partial charge in [0, 0.05) is 7.11 Å². The average molecular weight is 186 g/mol. The molecule has 0 aromatic carbocycles. The molecule has 0 aromatic rings. The molecule has 1 heterocycles. The van der Waals surface area contributed by atoms with Crippen molar-refractivity contribution < 1.29 is 24.2 Å². The summed E-state index contributed by atoms with van der Waals surface area (Å²) in [6.45, 7) is 3.18. The number of hydrogen-bond donors (Lipinski definition) is 1. The Labute approximate surface area is 74.9 Å². The lowest BCUT2D eigenvalue weighted by molar-refractivity contribution is -0.137. The topological polar surface area (TPSA) is 72.8 Å². The molecule has 1 aliphatic heterocycles. The highest BCUT2D eigenvalue weighted by Gasteiger charge is 2.42. The molecule has 0 unspecified atom stereocenters. The Morgan fingerprint density at radius 3 is 2.69 bits per heavy atom. The lowest BCUT2D eigenvalue weighted by Gasteiger charge is -2.14. The van der Waals surface area contributed by atoms with Crippen molar-refractivity contribution in [2.45, 2.75) is 12.2 Å². The molecule has 0 aliphatic carbocycles. The fraction of sp³-hybridized carbons (Fsp3) is 0.500. The summed E-state index contributed by atoms with van der Waals surface area (Å²) >= 11 is 0. The van der Waals surface area contributed by atoms with Crippen molar-refractivity contribution in [3.8, 4) is 0 Å². The van der Waals surface area contributed by atoms with Crippen molar-refractivity contribution in [2.24, 2.45) is 0 Å². The molecule has 0 amide bonds. The Hall–Kier alpha value is -1.20. The molecule has 1 rings (SSSR count). The molecule has 13 heavy (non-hydrogen) atoms.